The molecule has 1 fully saturated rings. The Morgan fingerprint density at radius 3 is 2.44 bits per heavy atom. The van der Waals surface area contributed by atoms with E-state index in [1.54, 1.807) is 6.20 Å². The smallest absolute Gasteiger partial charge is 0.341 e. The van der Waals surface area contributed by atoms with Crippen molar-refractivity contribution in [2.75, 3.05) is 13.2 Å². The van der Waals surface area contributed by atoms with Gasteiger partial charge in [0.05, 0.1) is 0 Å². The third-order valence-corrected chi connectivity index (χ3v) is 5.06. The summed E-state index contributed by atoms with van der Waals surface area (Å²) in [6.45, 7) is 5.51. The highest BCUT2D eigenvalue weighted by Crippen LogP contribution is 2.28. The van der Waals surface area contributed by atoms with Crippen molar-refractivity contribution in [2.24, 2.45) is 5.92 Å². The van der Waals surface area contributed by atoms with Crippen molar-refractivity contribution in [2.45, 2.75) is 32.7 Å². The van der Waals surface area contributed by atoms with Gasteiger partial charge in [-0.15, -0.1) is 0 Å². The molecule has 132 valence electrons. The van der Waals surface area contributed by atoms with Crippen LogP contribution in [-0.4, -0.2) is 28.9 Å². The first-order valence-electron chi connectivity index (χ1n) is 8.61. The second kappa shape index (κ2) is 7.23. The average molecular weight is 341 g/mol. The van der Waals surface area contributed by atoms with Crippen molar-refractivity contribution in [3.05, 3.63) is 58.0 Å². The molecule has 1 aromatic carbocycles. The highest BCUT2D eigenvalue weighted by molar-refractivity contribution is 5.88. The molecule has 0 bridgehead atoms. The number of nitrogens with zero attached hydrogens (tertiary/aromatic N) is 1. The molecule has 2 heterocycles. The number of ether oxygens (including phenoxy) is 1. The minimum atomic E-state index is -1.19. The molecule has 0 saturated carbocycles. The summed E-state index contributed by atoms with van der Waals surface area (Å²) in [6, 6.07) is 7.68. The summed E-state index contributed by atoms with van der Waals surface area (Å²) < 4.78 is 7.30. The second-order valence-electron chi connectivity index (χ2n) is 6.72. The molecule has 1 atom stereocenters. The van der Waals surface area contributed by atoms with Gasteiger partial charge in [0.15, 0.2) is 0 Å². The van der Waals surface area contributed by atoms with Gasteiger partial charge in [0, 0.05) is 37.2 Å². The third kappa shape index (κ3) is 3.66. The van der Waals surface area contributed by atoms with E-state index in [9.17, 15) is 14.7 Å². The van der Waals surface area contributed by atoms with Crippen LogP contribution in [0.15, 0.2) is 41.5 Å². The molecule has 1 aromatic heterocycles. The predicted octanol–water partition coefficient (Wildman–Crippen LogP) is 3.51. The number of hydrogen-bond donors (Lipinski definition) is 1. The van der Waals surface area contributed by atoms with Gasteiger partial charge < -0.3 is 14.4 Å². The molecule has 1 aliphatic rings. The minimum absolute atomic E-state index is 0.104. The second-order valence-corrected chi connectivity index (χ2v) is 6.72. The Kier molecular flexibility index (Phi) is 5.04. The van der Waals surface area contributed by atoms with Gasteiger partial charge in [0.1, 0.15) is 5.56 Å². The normalized spacial score (nSPS) is 16.6. The molecular formula is C20H23NO4. The number of aryl methyl sites for hydroxylation is 1. The number of carboxylic acids is 1. The van der Waals surface area contributed by atoms with E-state index in [2.05, 4.69) is 6.92 Å². The summed E-state index contributed by atoms with van der Waals surface area (Å²) in [4.78, 5) is 24.2. The average Bonchev–Trinajstić information content (AvgIpc) is 2.62. The van der Waals surface area contributed by atoms with Crippen LogP contribution in [0, 0.1) is 12.8 Å². The lowest BCUT2D eigenvalue weighted by Crippen LogP contribution is -2.27. The van der Waals surface area contributed by atoms with Crippen LogP contribution in [0.2, 0.25) is 0 Å². The van der Waals surface area contributed by atoms with E-state index in [0.29, 0.717) is 11.5 Å². The Balaban J connectivity index is 2.08. The lowest BCUT2D eigenvalue weighted by molar-refractivity contribution is 0.0511. The first-order chi connectivity index (χ1) is 12.0. The van der Waals surface area contributed by atoms with Gasteiger partial charge in [-0.2, -0.15) is 0 Å². The Bertz CT molecular complexity index is 817. The molecule has 0 radical (unpaired) electrons. The zero-order valence-electron chi connectivity index (χ0n) is 14.6. The van der Waals surface area contributed by atoms with Crippen LogP contribution >= 0.6 is 0 Å². The van der Waals surface area contributed by atoms with E-state index in [4.69, 9.17) is 4.74 Å². The van der Waals surface area contributed by atoms with Gasteiger partial charge in [-0.1, -0.05) is 29.8 Å². The van der Waals surface area contributed by atoms with Gasteiger partial charge in [-0.3, -0.25) is 4.79 Å². The van der Waals surface area contributed by atoms with E-state index in [1.165, 1.54) is 6.20 Å². The molecule has 0 aliphatic carbocycles. The van der Waals surface area contributed by atoms with Gasteiger partial charge in [0.25, 0.3) is 0 Å². The molecular weight excluding hydrogens is 318 g/mol. The molecule has 1 N–H and O–H groups in total. The number of hydrogen-bond acceptors (Lipinski definition) is 3. The number of carboxylic acid groups (broad SMARTS) is 1. The molecule has 1 saturated heterocycles. The quantitative estimate of drug-likeness (QED) is 0.924. The van der Waals surface area contributed by atoms with E-state index < -0.39 is 11.4 Å². The zero-order valence-corrected chi connectivity index (χ0v) is 14.6. The maximum atomic E-state index is 12.6. The molecule has 1 aliphatic heterocycles. The molecule has 0 spiro atoms. The van der Waals surface area contributed by atoms with Crippen molar-refractivity contribution in [3.63, 3.8) is 0 Å². The van der Waals surface area contributed by atoms with Gasteiger partial charge in [0.2, 0.25) is 5.43 Å². The van der Waals surface area contributed by atoms with Crippen LogP contribution < -0.4 is 5.43 Å². The fourth-order valence-electron chi connectivity index (χ4n) is 3.37. The summed E-state index contributed by atoms with van der Waals surface area (Å²) in [5.41, 5.74) is 1.64. The lowest BCUT2D eigenvalue weighted by Gasteiger charge is -2.30. The molecule has 5 heteroatoms. The molecule has 3 rings (SSSR count). The number of aromatic carboxylic acids is 1. The maximum absolute atomic E-state index is 12.6. The summed E-state index contributed by atoms with van der Waals surface area (Å²) in [7, 11) is 0. The fourth-order valence-corrected chi connectivity index (χ4v) is 3.37. The summed E-state index contributed by atoms with van der Waals surface area (Å²) in [5.74, 6) is -0.782. The maximum Gasteiger partial charge on any atom is 0.341 e. The Labute approximate surface area is 146 Å². The first kappa shape index (κ1) is 17.4. The summed E-state index contributed by atoms with van der Waals surface area (Å²) >= 11 is 0. The van der Waals surface area contributed by atoms with E-state index in [-0.39, 0.29) is 11.6 Å². The Morgan fingerprint density at radius 1 is 1.20 bits per heavy atom. The van der Waals surface area contributed by atoms with Crippen molar-refractivity contribution >= 4 is 5.97 Å². The van der Waals surface area contributed by atoms with E-state index >= 15 is 0 Å². The standard InChI is InChI=1S/C20H23NO4/c1-13-3-5-16(6-4-13)17-11-21(12-18(19(17)22)20(23)24)14(2)15-7-9-25-10-8-15/h3-6,11-12,14-15H,7-10H2,1-2H3,(H,23,24)/t14-/m0/s1. The van der Waals surface area contributed by atoms with Crippen LogP contribution in [0.25, 0.3) is 11.1 Å². The largest absolute Gasteiger partial charge is 0.477 e. The van der Waals surface area contributed by atoms with Crippen molar-refractivity contribution in [3.8, 4) is 11.1 Å². The van der Waals surface area contributed by atoms with E-state index in [1.807, 2.05) is 35.8 Å². The van der Waals surface area contributed by atoms with Gasteiger partial charge in [-0.05, 0) is 38.2 Å². The molecule has 5 nitrogen and oxygen atoms in total. The van der Waals surface area contributed by atoms with Crippen LogP contribution in [0.3, 0.4) is 0 Å². The number of benzene rings is 1. The summed E-state index contributed by atoms with van der Waals surface area (Å²) in [5, 5.41) is 9.46. The number of aromatic nitrogens is 1. The molecule has 0 unspecified atom stereocenters. The lowest BCUT2D eigenvalue weighted by atomic mass is 9.92. The fraction of sp³-hybridized carbons (Fsp3) is 0.400. The SMILES string of the molecule is Cc1ccc(-c2cn([C@@H](C)C3CCOCC3)cc(C(=O)O)c2=O)cc1. The van der Waals surface area contributed by atoms with Crippen molar-refractivity contribution in [1.29, 1.82) is 0 Å². The topological polar surface area (TPSA) is 68.5 Å². The van der Waals surface area contributed by atoms with Crippen LogP contribution in [0.4, 0.5) is 0 Å². The molecule has 0 amide bonds. The first-order valence-corrected chi connectivity index (χ1v) is 8.61. The van der Waals surface area contributed by atoms with Gasteiger partial charge in [-0.25, -0.2) is 4.79 Å². The molecule has 25 heavy (non-hydrogen) atoms. The highest BCUT2D eigenvalue weighted by Gasteiger charge is 2.23. The minimum Gasteiger partial charge on any atom is -0.477 e. The van der Waals surface area contributed by atoms with Crippen molar-refractivity contribution in [1.82, 2.24) is 4.57 Å². The highest BCUT2D eigenvalue weighted by atomic mass is 16.5. The van der Waals surface area contributed by atoms with Crippen molar-refractivity contribution < 1.29 is 14.6 Å². The van der Waals surface area contributed by atoms with Crippen LogP contribution in [0.5, 0.6) is 0 Å². The monoisotopic (exact) mass is 341 g/mol. The van der Waals surface area contributed by atoms with Crippen LogP contribution in [-0.2, 0) is 4.74 Å². The molecule has 2 aromatic rings. The Hall–Kier alpha value is -2.40. The van der Waals surface area contributed by atoms with Gasteiger partial charge >= 0.3 is 5.97 Å². The number of rotatable bonds is 4. The number of pyridine rings is 1. The summed E-state index contributed by atoms with van der Waals surface area (Å²) in [6.07, 6.45) is 5.15. The van der Waals surface area contributed by atoms with E-state index in [0.717, 1.165) is 37.2 Å². The zero-order chi connectivity index (χ0) is 18.0. The predicted molar refractivity (Wildman–Crippen MR) is 96.1 cm³/mol. The third-order valence-electron chi connectivity index (χ3n) is 5.06. The van der Waals surface area contributed by atoms with Crippen LogP contribution in [0.1, 0.15) is 41.7 Å². The number of carbonyl (C=O) groups is 1. The Morgan fingerprint density at radius 2 is 1.84 bits per heavy atom.